The Hall–Kier alpha value is -3.15. The molecule has 1 aliphatic heterocycles. The highest BCUT2D eigenvalue weighted by Gasteiger charge is 2.23. The summed E-state index contributed by atoms with van der Waals surface area (Å²) in [4.78, 5) is 26.5. The van der Waals surface area contributed by atoms with Crippen molar-refractivity contribution in [2.24, 2.45) is 7.05 Å². The van der Waals surface area contributed by atoms with Crippen LogP contribution in [0, 0.1) is 0 Å². The first kappa shape index (κ1) is 16.3. The maximum Gasteiger partial charge on any atom is 0.345 e. The lowest BCUT2D eigenvalue weighted by atomic mass is 9.96. The van der Waals surface area contributed by atoms with E-state index < -0.39 is 0 Å². The molecule has 1 aliphatic rings. The van der Waals surface area contributed by atoms with E-state index in [0.29, 0.717) is 6.54 Å². The molecule has 6 nitrogen and oxygen atoms in total. The smallest absolute Gasteiger partial charge is 0.311 e. The largest absolute Gasteiger partial charge is 0.345 e. The molecular formula is C20H20N4O2. The topological polar surface area (TPSA) is 60.1 Å². The summed E-state index contributed by atoms with van der Waals surface area (Å²) in [5.41, 5.74) is 4.14. The summed E-state index contributed by atoms with van der Waals surface area (Å²) in [5, 5.41) is 3.98. The van der Waals surface area contributed by atoms with E-state index in [-0.39, 0.29) is 18.1 Å². The monoisotopic (exact) mass is 348 g/mol. The molecule has 2 heterocycles. The molecule has 1 amide bonds. The minimum atomic E-state index is -0.282. The van der Waals surface area contributed by atoms with Gasteiger partial charge in [-0.1, -0.05) is 36.4 Å². The highest BCUT2D eigenvalue weighted by molar-refractivity contribution is 5.94. The quantitative estimate of drug-likeness (QED) is 0.729. The normalized spacial score (nSPS) is 13.5. The van der Waals surface area contributed by atoms with Crippen LogP contribution in [0.1, 0.15) is 12.0 Å². The van der Waals surface area contributed by atoms with Gasteiger partial charge in [0.2, 0.25) is 5.91 Å². The predicted octanol–water partition coefficient (Wildman–Crippen LogP) is 2.23. The van der Waals surface area contributed by atoms with Crippen LogP contribution in [0.15, 0.2) is 59.7 Å². The highest BCUT2D eigenvalue weighted by atomic mass is 16.2. The summed E-state index contributed by atoms with van der Waals surface area (Å²) < 4.78 is 2.57. The molecule has 2 aromatic carbocycles. The second kappa shape index (κ2) is 6.63. The first-order valence-electron chi connectivity index (χ1n) is 8.70. The standard InChI is InChI=1S/C20H20N4O2/c1-22-14-21-24(20(22)26)13-19(25)23-11-5-8-17-12-16(9-10-18(17)23)15-6-3-2-4-7-15/h2-4,6-7,9-10,12,14H,5,8,11,13H2,1H3. The molecule has 0 aliphatic carbocycles. The number of carbonyl (C=O) groups is 1. The van der Waals surface area contributed by atoms with E-state index >= 15 is 0 Å². The number of anilines is 1. The minimum absolute atomic E-state index is 0.0421. The van der Waals surface area contributed by atoms with Crippen molar-refractivity contribution in [1.82, 2.24) is 14.3 Å². The van der Waals surface area contributed by atoms with E-state index in [4.69, 9.17) is 0 Å². The summed E-state index contributed by atoms with van der Waals surface area (Å²) in [6, 6.07) is 16.4. The van der Waals surface area contributed by atoms with Gasteiger partial charge in [0.15, 0.2) is 0 Å². The number of hydrogen-bond donors (Lipinski definition) is 0. The van der Waals surface area contributed by atoms with Crippen LogP contribution in [-0.4, -0.2) is 26.8 Å². The van der Waals surface area contributed by atoms with Crippen molar-refractivity contribution in [1.29, 1.82) is 0 Å². The zero-order valence-electron chi connectivity index (χ0n) is 14.6. The lowest BCUT2D eigenvalue weighted by Gasteiger charge is -2.30. The molecular weight excluding hydrogens is 328 g/mol. The van der Waals surface area contributed by atoms with Crippen LogP contribution < -0.4 is 10.6 Å². The number of carbonyl (C=O) groups excluding carboxylic acids is 1. The fraction of sp³-hybridized carbons (Fsp3) is 0.250. The number of benzene rings is 2. The number of hydrogen-bond acceptors (Lipinski definition) is 3. The van der Waals surface area contributed by atoms with Crippen molar-refractivity contribution in [3.63, 3.8) is 0 Å². The molecule has 1 aromatic heterocycles. The van der Waals surface area contributed by atoms with E-state index in [2.05, 4.69) is 23.3 Å². The third-order valence-corrected chi connectivity index (χ3v) is 4.78. The van der Waals surface area contributed by atoms with Gasteiger partial charge in [-0.25, -0.2) is 9.48 Å². The van der Waals surface area contributed by atoms with Gasteiger partial charge in [-0.3, -0.25) is 9.36 Å². The molecule has 0 fully saturated rings. The molecule has 0 spiro atoms. The van der Waals surface area contributed by atoms with Crippen molar-refractivity contribution < 1.29 is 4.79 Å². The lowest BCUT2D eigenvalue weighted by Crippen LogP contribution is -2.40. The fourth-order valence-electron chi connectivity index (χ4n) is 3.41. The maximum atomic E-state index is 12.8. The van der Waals surface area contributed by atoms with Gasteiger partial charge in [0.1, 0.15) is 12.9 Å². The van der Waals surface area contributed by atoms with E-state index in [1.54, 1.807) is 11.9 Å². The molecule has 0 saturated heterocycles. The zero-order chi connectivity index (χ0) is 18.1. The summed E-state index contributed by atoms with van der Waals surface area (Å²) >= 11 is 0. The second-order valence-corrected chi connectivity index (χ2v) is 6.54. The van der Waals surface area contributed by atoms with Crippen molar-refractivity contribution in [3.8, 4) is 11.1 Å². The third-order valence-electron chi connectivity index (χ3n) is 4.78. The van der Waals surface area contributed by atoms with Crippen LogP contribution in [0.4, 0.5) is 5.69 Å². The fourth-order valence-corrected chi connectivity index (χ4v) is 3.41. The van der Waals surface area contributed by atoms with Gasteiger partial charge in [-0.05, 0) is 41.7 Å². The molecule has 0 saturated carbocycles. The van der Waals surface area contributed by atoms with Crippen LogP contribution >= 0.6 is 0 Å². The molecule has 132 valence electrons. The Labute approximate surface area is 151 Å². The summed E-state index contributed by atoms with van der Waals surface area (Å²) in [6.45, 7) is 0.623. The van der Waals surface area contributed by atoms with E-state index in [9.17, 15) is 9.59 Å². The Morgan fingerprint density at radius 1 is 1.12 bits per heavy atom. The number of nitrogens with zero attached hydrogens (tertiary/aromatic N) is 4. The van der Waals surface area contributed by atoms with Crippen molar-refractivity contribution in [2.75, 3.05) is 11.4 Å². The zero-order valence-corrected chi connectivity index (χ0v) is 14.6. The highest BCUT2D eigenvalue weighted by Crippen LogP contribution is 2.31. The first-order chi connectivity index (χ1) is 12.6. The second-order valence-electron chi connectivity index (χ2n) is 6.54. The van der Waals surface area contributed by atoms with Gasteiger partial charge >= 0.3 is 5.69 Å². The summed E-state index contributed by atoms with van der Waals surface area (Å²) in [6.07, 6.45) is 3.28. The average Bonchev–Trinajstić information content (AvgIpc) is 2.99. The molecule has 0 N–H and O–H groups in total. The molecule has 6 heteroatoms. The SMILES string of the molecule is Cn1cnn(CC(=O)N2CCCc3cc(-c4ccccc4)ccc32)c1=O. The number of aryl methyl sites for hydroxylation is 2. The minimum Gasteiger partial charge on any atom is -0.311 e. The van der Waals surface area contributed by atoms with Crippen molar-refractivity contribution in [3.05, 3.63) is 70.9 Å². The molecule has 4 rings (SSSR count). The van der Waals surface area contributed by atoms with Gasteiger partial charge in [0, 0.05) is 19.3 Å². The van der Waals surface area contributed by atoms with Crippen LogP contribution in [0.2, 0.25) is 0 Å². The molecule has 0 atom stereocenters. The summed E-state index contributed by atoms with van der Waals surface area (Å²) in [5.74, 6) is -0.112. The molecule has 26 heavy (non-hydrogen) atoms. The van der Waals surface area contributed by atoms with Gasteiger partial charge in [0.05, 0.1) is 0 Å². The van der Waals surface area contributed by atoms with Gasteiger partial charge in [0.25, 0.3) is 0 Å². The van der Waals surface area contributed by atoms with Crippen molar-refractivity contribution >= 4 is 11.6 Å². The van der Waals surface area contributed by atoms with E-state index in [0.717, 1.165) is 24.1 Å². The van der Waals surface area contributed by atoms with Crippen LogP contribution in [0.5, 0.6) is 0 Å². The Morgan fingerprint density at radius 3 is 2.65 bits per heavy atom. The lowest BCUT2D eigenvalue weighted by molar-refractivity contribution is -0.119. The molecule has 3 aromatic rings. The van der Waals surface area contributed by atoms with Gasteiger partial charge < -0.3 is 4.90 Å². The van der Waals surface area contributed by atoms with Crippen LogP contribution in [0.25, 0.3) is 11.1 Å². The molecule has 0 bridgehead atoms. The molecule has 0 radical (unpaired) electrons. The Morgan fingerprint density at radius 2 is 1.92 bits per heavy atom. The van der Waals surface area contributed by atoms with Crippen LogP contribution in [0.3, 0.4) is 0 Å². The Bertz CT molecular complexity index is 1000. The predicted molar refractivity (Wildman–Crippen MR) is 100 cm³/mol. The van der Waals surface area contributed by atoms with E-state index in [1.807, 2.05) is 30.3 Å². The maximum absolute atomic E-state index is 12.8. The number of rotatable bonds is 3. The van der Waals surface area contributed by atoms with Gasteiger partial charge in [-0.15, -0.1) is 0 Å². The third kappa shape index (κ3) is 2.94. The number of fused-ring (bicyclic) bond motifs is 1. The number of amides is 1. The number of aromatic nitrogens is 3. The van der Waals surface area contributed by atoms with Gasteiger partial charge in [-0.2, -0.15) is 5.10 Å². The van der Waals surface area contributed by atoms with Crippen molar-refractivity contribution in [2.45, 2.75) is 19.4 Å². The summed E-state index contributed by atoms with van der Waals surface area (Å²) in [7, 11) is 1.62. The Balaban J connectivity index is 1.62. The van der Waals surface area contributed by atoms with Crippen LogP contribution in [-0.2, 0) is 24.8 Å². The first-order valence-corrected chi connectivity index (χ1v) is 8.70. The van der Waals surface area contributed by atoms with E-state index in [1.165, 1.54) is 26.7 Å². The Kier molecular flexibility index (Phi) is 4.16. The molecule has 0 unspecified atom stereocenters. The average molecular weight is 348 g/mol.